The molecule has 1 aliphatic carbocycles. The molecule has 0 saturated heterocycles. The van der Waals surface area contributed by atoms with Crippen LogP contribution in [0.5, 0.6) is 0 Å². The van der Waals surface area contributed by atoms with Crippen molar-refractivity contribution >= 4 is 34.2 Å². The lowest BCUT2D eigenvalue weighted by Crippen LogP contribution is -2.21. The van der Waals surface area contributed by atoms with E-state index < -0.39 is 11.9 Å². The molecule has 0 atom stereocenters. The van der Waals surface area contributed by atoms with Crippen LogP contribution in [0.2, 0.25) is 0 Å². The predicted octanol–water partition coefficient (Wildman–Crippen LogP) is 3.47. The van der Waals surface area contributed by atoms with Crippen LogP contribution in [0, 0.1) is 0 Å². The summed E-state index contributed by atoms with van der Waals surface area (Å²) in [6.07, 6.45) is 4.03. The first-order valence-corrected chi connectivity index (χ1v) is 9.18. The molecule has 7 heteroatoms. The van der Waals surface area contributed by atoms with E-state index in [2.05, 4.69) is 5.32 Å². The zero-order valence-corrected chi connectivity index (χ0v) is 14.9. The number of thiophene rings is 1. The zero-order valence-electron chi connectivity index (χ0n) is 14.1. The largest absolute Gasteiger partial charge is 0.462 e. The number of carbonyl (C=O) groups is 3. The molecule has 0 unspecified atom stereocenters. The molecular formula is C17H23NO5S. The number of esters is 2. The topological polar surface area (TPSA) is 81.7 Å². The van der Waals surface area contributed by atoms with E-state index in [1.807, 2.05) is 12.3 Å². The van der Waals surface area contributed by atoms with E-state index >= 15 is 0 Å². The average molecular weight is 353 g/mol. The van der Waals surface area contributed by atoms with E-state index in [-0.39, 0.29) is 19.2 Å². The molecule has 1 heterocycles. The maximum Gasteiger partial charge on any atom is 0.341 e. The van der Waals surface area contributed by atoms with Crippen molar-refractivity contribution in [2.24, 2.45) is 0 Å². The van der Waals surface area contributed by atoms with Gasteiger partial charge in [-0.15, -0.1) is 11.3 Å². The third-order valence-electron chi connectivity index (χ3n) is 3.67. The Morgan fingerprint density at radius 1 is 1.25 bits per heavy atom. The molecule has 1 aliphatic rings. The quantitative estimate of drug-likeness (QED) is 0.687. The van der Waals surface area contributed by atoms with Crippen LogP contribution in [0.3, 0.4) is 0 Å². The first-order chi connectivity index (χ1) is 11.6. The van der Waals surface area contributed by atoms with Crippen molar-refractivity contribution in [3.8, 4) is 0 Å². The number of amides is 1. The summed E-state index contributed by atoms with van der Waals surface area (Å²) >= 11 is 1.30. The fraction of sp³-hybridized carbons (Fsp3) is 0.588. The summed E-state index contributed by atoms with van der Waals surface area (Å²) in [6.45, 7) is 3.66. The second-order valence-corrected chi connectivity index (χ2v) is 6.58. The van der Waals surface area contributed by atoms with Gasteiger partial charge in [-0.2, -0.15) is 0 Å². The summed E-state index contributed by atoms with van der Waals surface area (Å²) in [5.41, 5.74) is 1.38. The predicted molar refractivity (Wildman–Crippen MR) is 91.4 cm³/mol. The SMILES string of the molecule is CCCCC(=O)OCC(=O)Nc1scc(C2CC2)c1C(=O)OCC. The first-order valence-electron chi connectivity index (χ1n) is 8.30. The first kappa shape index (κ1) is 18.4. The van der Waals surface area contributed by atoms with Gasteiger partial charge in [-0.05, 0) is 43.0 Å². The van der Waals surface area contributed by atoms with Crippen LogP contribution in [0.1, 0.15) is 67.8 Å². The highest BCUT2D eigenvalue weighted by atomic mass is 32.1. The highest BCUT2D eigenvalue weighted by Crippen LogP contribution is 2.46. The number of anilines is 1. The van der Waals surface area contributed by atoms with E-state index in [0.717, 1.165) is 31.2 Å². The van der Waals surface area contributed by atoms with Crippen LogP contribution in [0.15, 0.2) is 5.38 Å². The lowest BCUT2D eigenvalue weighted by molar-refractivity contribution is -0.147. The molecule has 6 nitrogen and oxygen atoms in total. The molecule has 0 aromatic carbocycles. The number of rotatable bonds is 9. The molecule has 1 N–H and O–H groups in total. The van der Waals surface area contributed by atoms with Gasteiger partial charge in [-0.3, -0.25) is 9.59 Å². The number of hydrogen-bond acceptors (Lipinski definition) is 6. The van der Waals surface area contributed by atoms with Gasteiger partial charge in [0.05, 0.1) is 12.2 Å². The summed E-state index contributed by atoms with van der Waals surface area (Å²) in [5, 5.41) is 5.02. The summed E-state index contributed by atoms with van der Waals surface area (Å²) in [6, 6.07) is 0. The zero-order chi connectivity index (χ0) is 17.5. The third-order valence-corrected chi connectivity index (χ3v) is 4.58. The number of unbranched alkanes of at least 4 members (excludes halogenated alkanes) is 1. The van der Waals surface area contributed by atoms with Crippen LogP contribution in [0.25, 0.3) is 0 Å². The summed E-state index contributed by atoms with van der Waals surface area (Å²) in [5.74, 6) is -0.883. The molecule has 24 heavy (non-hydrogen) atoms. The Bertz CT molecular complexity index is 606. The Kier molecular flexibility index (Phi) is 6.78. The molecule has 0 spiro atoms. The van der Waals surface area contributed by atoms with E-state index in [9.17, 15) is 14.4 Å². The van der Waals surface area contributed by atoms with Gasteiger partial charge in [0.25, 0.3) is 5.91 Å². The van der Waals surface area contributed by atoms with Gasteiger partial charge in [0.2, 0.25) is 0 Å². The molecule has 1 aromatic heterocycles. The van der Waals surface area contributed by atoms with Crippen LogP contribution >= 0.6 is 11.3 Å². The van der Waals surface area contributed by atoms with Crippen molar-refractivity contribution in [3.05, 3.63) is 16.5 Å². The molecule has 0 bridgehead atoms. The highest BCUT2D eigenvalue weighted by molar-refractivity contribution is 7.15. The monoisotopic (exact) mass is 353 g/mol. The fourth-order valence-corrected chi connectivity index (χ4v) is 3.32. The maximum absolute atomic E-state index is 12.2. The van der Waals surface area contributed by atoms with Gasteiger partial charge in [-0.1, -0.05) is 13.3 Å². The standard InChI is InChI=1S/C17H23NO5S/c1-3-5-6-14(20)23-9-13(19)18-16-15(17(21)22-4-2)12(10-24-16)11-7-8-11/h10-11H,3-9H2,1-2H3,(H,18,19). The molecule has 2 rings (SSSR count). The number of hydrogen-bond donors (Lipinski definition) is 1. The van der Waals surface area contributed by atoms with Gasteiger partial charge < -0.3 is 14.8 Å². The van der Waals surface area contributed by atoms with Crippen molar-refractivity contribution in [3.63, 3.8) is 0 Å². The minimum atomic E-state index is -0.449. The fourth-order valence-electron chi connectivity index (χ4n) is 2.27. The van der Waals surface area contributed by atoms with Crippen LogP contribution in [-0.2, 0) is 19.1 Å². The summed E-state index contributed by atoms with van der Waals surface area (Å²) in [4.78, 5) is 35.6. The number of carbonyl (C=O) groups excluding carboxylic acids is 3. The summed E-state index contributed by atoms with van der Waals surface area (Å²) < 4.78 is 10.0. The molecule has 1 aromatic rings. The molecule has 1 fully saturated rings. The molecule has 0 radical (unpaired) electrons. The van der Waals surface area contributed by atoms with Gasteiger partial charge in [0.1, 0.15) is 5.00 Å². The van der Waals surface area contributed by atoms with E-state index in [4.69, 9.17) is 9.47 Å². The lowest BCUT2D eigenvalue weighted by Gasteiger charge is -2.08. The normalized spacial score (nSPS) is 13.4. The van der Waals surface area contributed by atoms with Crippen LogP contribution in [0.4, 0.5) is 5.00 Å². The minimum Gasteiger partial charge on any atom is -0.462 e. The second kappa shape index (κ2) is 8.82. The molecule has 0 aliphatic heterocycles. The number of nitrogens with one attached hydrogen (secondary N) is 1. The van der Waals surface area contributed by atoms with Crippen molar-refractivity contribution in [2.45, 2.75) is 51.9 Å². The molecule has 1 saturated carbocycles. The minimum absolute atomic E-state index is 0.279. The van der Waals surface area contributed by atoms with E-state index in [0.29, 0.717) is 22.9 Å². The highest BCUT2D eigenvalue weighted by Gasteiger charge is 2.32. The Morgan fingerprint density at radius 3 is 2.62 bits per heavy atom. The second-order valence-electron chi connectivity index (χ2n) is 5.70. The molecule has 132 valence electrons. The Labute approximate surface area is 145 Å². The molecule has 1 amide bonds. The van der Waals surface area contributed by atoms with E-state index in [1.165, 1.54) is 11.3 Å². The van der Waals surface area contributed by atoms with Gasteiger partial charge >= 0.3 is 11.9 Å². The van der Waals surface area contributed by atoms with Crippen molar-refractivity contribution in [1.29, 1.82) is 0 Å². The Hall–Kier alpha value is -1.89. The van der Waals surface area contributed by atoms with Crippen molar-refractivity contribution in [1.82, 2.24) is 0 Å². The Balaban J connectivity index is 1.97. The summed E-state index contributed by atoms with van der Waals surface area (Å²) in [7, 11) is 0. The van der Waals surface area contributed by atoms with Crippen molar-refractivity contribution < 1.29 is 23.9 Å². The van der Waals surface area contributed by atoms with Gasteiger partial charge in [0.15, 0.2) is 6.61 Å². The van der Waals surface area contributed by atoms with Gasteiger partial charge in [0, 0.05) is 6.42 Å². The average Bonchev–Trinajstić information content (AvgIpc) is 3.32. The van der Waals surface area contributed by atoms with Crippen LogP contribution < -0.4 is 5.32 Å². The smallest absolute Gasteiger partial charge is 0.341 e. The maximum atomic E-state index is 12.2. The van der Waals surface area contributed by atoms with Crippen LogP contribution in [-0.4, -0.2) is 31.1 Å². The van der Waals surface area contributed by atoms with E-state index in [1.54, 1.807) is 6.92 Å². The van der Waals surface area contributed by atoms with Crippen molar-refractivity contribution in [2.75, 3.05) is 18.5 Å². The Morgan fingerprint density at radius 2 is 2.00 bits per heavy atom. The van der Waals surface area contributed by atoms with Gasteiger partial charge in [-0.25, -0.2) is 4.79 Å². The third kappa shape index (κ3) is 5.06. The number of ether oxygens (including phenoxy) is 2. The molecular weight excluding hydrogens is 330 g/mol. The lowest BCUT2D eigenvalue weighted by atomic mass is 10.1.